The normalized spacial score (nSPS) is 22.1. The third-order valence-electron chi connectivity index (χ3n) is 4.92. The minimum Gasteiger partial charge on any atom is -0.394 e. The molecule has 138 valence electrons. The molecule has 3 rings (SSSR count). The number of anilines is 1. The highest BCUT2D eigenvalue weighted by Gasteiger charge is 2.29. The number of aliphatic hydroxyl groups excluding tert-OH is 1. The van der Waals surface area contributed by atoms with Crippen LogP contribution in [0.3, 0.4) is 0 Å². The first-order valence-electron chi connectivity index (χ1n) is 9.03. The number of nitrogens with zero attached hydrogens (tertiary/aromatic N) is 4. The van der Waals surface area contributed by atoms with Crippen LogP contribution in [0.1, 0.15) is 25.5 Å². The first-order chi connectivity index (χ1) is 12.2. The molecule has 3 heterocycles. The highest BCUT2D eigenvalue weighted by atomic mass is 16.5. The molecule has 8 heteroatoms. The Morgan fingerprint density at radius 1 is 1.36 bits per heavy atom. The first-order valence-corrected chi connectivity index (χ1v) is 9.03. The number of aromatic nitrogens is 2. The molecule has 2 N–H and O–H groups in total. The molecule has 1 aromatic rings. The van der Waals surface area contributed by atoms with E-state index in [0.717, 1.165) is 43.9 Å². The number of ether oxygens (including phenoxy) is 1. The zero-order valence-corrected chi connectivity index (χ0v) is 14.7. The maximum Gasteiger partial charge on any atom is 0.318 e. The Kier molecular flexibility index (Phi) is 6.04. The van der Waals surface area contributed by atoms with Crippen LogP contribution in [-0.4, -0.2) is 77.5 Å². The van der Waals surface area contributed by atoms with E-state index in [0.29, 0.717) is 19.8 Å². The van der Waals surface area contributed by atoms with Crippen LogP contribution in [0, 0.1) is 0 Å². The van der Waals surface area contributed by atoms with Crippen molar-refractivity contribution in [2.45, 2.75) is 38.3 Å². The minimum atomic E-state index is -0.248. The lowest BCUT2D eigenvalue weighted by Crippen LogP contribution is -2.56. The van der Waals surface area contributed by atoms with E-state index in [2.05, 4.69) is 27.1 Å². The summed E-state index contributed by atoms with van der Waals surface area (Å²) in [4.78, 5) is 25.0. The van der Waals surface area contributed by atoms with Crippen LogP contribution >= 0.6 is 0 Å². The van der Waals surface area contributed by atoms with Gasteiger partial charge in [-0.15, -0.1) is 0 Å². The Morgan fingerprint density at radius 3 is 2.88 bits per heavy atom. The molecule has 1 atom stereocenters. The SMILES string of the molecule is CCc1cc(N2CCC(NC(=O)N3CCOC[C@@H]3CO)CC2)ncn1. The Morgan fingerprint density at radius 2 is 2.16 bits per heavy atom. The number of hydrogen-bond acceptors (Lipinski definition) is 6. The highest BCUT2D eigenvalue weighted by molar-refractivity contribution is 5.75. The third kappa shape index (κ3) is 4.38. The highest BCUT2D eigenvalue weighted by Crippen LogP contribution is 2.19. The number of hydrogen-bond donors (Lipinski definition) is 2. The van der Waals surface area contributed by atoms with E-state index in [4.69, 9.17) is 4.74 Å². The third-order valence-corrected chi connectivity index (χ3v) is 4.92. The van der Waals surface area contributed by atoms with E-state index < -0.39 is 0 Å². The standard InChI is InChI=1S/C17H27N5O3/c1-2-13-9-16(19-12-18-13)21-5-3-14(4-6-21)20-17(24)22-7-8-25-11-15(22)10-23/h9,12,14-15,23H,2-8,10-11H2,1H3,(H,20,24)/t15-/m0/s1. The van der Waals surface area contributed by atoms with Crippen molar-refractivity contribution in [3.63, 3.8) is 0 Å². The van der Waals surface area contributed by atoms with Gasteiger partial charge in [0.2, 0.25) is 0 Å². The number of amides is 2. The van der Waals surface area contributed by atoms with Crippen molar-refractivity contribution in [2.75, 3.05) is 44.4 Å². The predicted molar refractivity (Wildman–Crippen MR) is 93.6 cm³/mol. The monoisotopic (exact) mass is 349 g/mol. The summed E-state index contributed by atoms with van der Waals surface area (Å²) >= 11 is 0. The molecule has 25 heavy (non-hydrogen) atoms. The van der Waals surface area contributed by atoms with Gasteiger partial charge in [-0.2, -0.15) is 0 Å². The zero-order chi connectivity index (χ0) is 17.6. The van der Waals surface area contributed by atoms with Crippen molar-refractivity contribution in [3.05, 3.63) is 18.1 Å². The Hall–Kier alpha value is -1.93. The fourth-order valence-corrected chi connectivity index (χ4v) is 3.34. The largest absolute Gasteiger partial charge is 0.394 e. The minimum absolute atomic E-state index is 0.0701. The molecule has 2 amide bonds. The maximum atomic E-state index is 12.5. The molecule has 0 spiro atoms. The smallest absolute Gasteiger partial charge is 0.318 e. The van der Waals surface area contributed by atoms with E-state index in [1.165, 1.54) is 0 Å². The molecule has 2 aliphatic heterocycles. The molecule has 1 aromatic heterocycles. The van der Waals surface area contributed by atoms with Crippen LogP contribution in [0.5, 0.6) is 0 Å². The number of carbonyl (C=O) groups excluding carboxylic acids is 1. The second-order valence-electron chi connectivity index (χ2n) is 6.54. The summed E-state index contributed by atoms with van der Waals surface area (Å²) < 4.78 is 5.32. The van der Waals surface area contributed by atoms with Gasteiger partial charge >= 0.3 is 6.03 Å². The van der Waals surface area contributed by atoms with Crippen LogP contribution in [0.25, 0.3) is 0 Å². The van der Waals surface area contributed by atoms with Gasteiger partial charge < -0.3 is 25.0 Å². The number of aliphatic hydroxyl groups is 1. The molecular formula is C17H27N5O3. The summed E-state index contributed by atoms with van der Waals surface area (Å²) in [5.74, 6) is 0.963. The number of nitrogens with one attached hydrogen (secondary N) is 1. The lowest BCUT2D eigenvalue weighted by Gasteiger charge is -2.37. The second-order valence-corrected chi connectivity index (χ2v) is 6.54. The second kappa shape index (κ2) is 8.44. The number of piperidine rings is 1. The fraction of sp³-hybridized carbons (Fsp3) is 0.706. The molecule has 0 aliphatic carbocycles. The topological polar surface area (TPSA) is 90.8 Å². The van der Waals surface area contributed by atoms with Crippen molar-refractivity contribution in [3.8, 4) is 0 Å². The van der Waals surface area contributed by atoms with Gasteiger partial charge in [-0.1, -0.05) is 6.92 Å². The Balaban J connectivity index is 1.51. The summed E-state index contributed by atoms with van der Waals surface area (Å²) in [5.41, 5.74) is 1.04. The van der Waals surface area contributed by atoms with Crippen LogP contribution < -0.4 is 10.2 Å². The molecular weight excluding hydrogens is 322 g/mol. The van der Waals surface area contributed by atoms with Gasteiger partial charge in [0, 0.05) is 37.4 Å². The van der Waals surface area contributed by atoms with E-state index in [1.54, 1.807) is 11.2 Å². The fourth-order valence-electron chi connectivity index (χ4n) is 3.34. The van der Waals surface area contributed by atoms with Gasteiger partial charge in [-0.25, -0.2) is 14.8 Å². The van der Waals surface area contributed by atoms with Crippen LogP contribution in [0.4, 0.5) is 10.6 Å². The van der Waals surface area contributed by atoms with Crippen molar-refractivity contribution in [2.24, 2.45) is 0 Å². The summed E-state index contributed by atoms with van der Waals surface area (Å²) in [6.45, 7) is 5.18. The lowest BCUT2D eigenvalue weighted by atomic mass is 10.1. The lowest BCUT2D eigenvalue weighted by molar-refractivity contribution is -0.00824. The predicted octanol–water partition coefficient (Wildman–Crippen LogP) is 0.411. The van der Waals surface area contributed by atoms with Crippen molar-refractivity contribution < 1.29 is 14.6 Å². The van der Waals surface area contributed by atoms with Gasteiger partial charge in [0.05, 0.1) is 25.9 Å². The Labute approximate surface area is 148 Å². The summed E-state index contributed by atoms with van der Waals surface area (Å²) in [6.07, 6.45) is 4.28. The molecule has 0 saturated carbocycles. The average Bonchev–Trinajstić information content (AvgIpc) is 2.68. The van der Waals surface area contributed by atoms with Gasteiger partial charge in [0.15, 0.2) is 0 Å². The molecule has 0 radical (unpaired) electrons. The van der Waals surface area contributed by atoms with Gasteiger partial charge in [-0.05, 0) is 19.3 Å². The Bertz CT molecular complexity index is 577. The first kappa shape index (κ1) is 17.9. The number of carbonyl (C=O) groups is 1. The quantitative estimate of drug-likeness (QED) is 0.818. The van der Waals surface area contributed by atoms with Crippen molar-refractivity contribution in [1.29, 1.82) is 0 Å². The number of aryl methyl sites for hydroxylation is 1. The number of rotatable bonds is 4. The van der Waals surface area contributed by atoms with E-state index in [-0.39, 0.29) is 24.7 Å². The van der Waals surface area contributed by atoms with Crippen LogP contribution in [-0.2, 0) is 11.2 Å². The van der Waals surface area contributed by atoms with E-state index >= 15 is 0 Å². The average molecular weight is 349 g/mol. The number of urea groups is 1. The molecule has 2 aliphatic rings. The summed E-state index contributed by atoms with van der Waals surface area (Å²) in [6, 6.07) is 1.84. The summed E-state index contributed by atoms with van der Waals surface area (Å²) in [5, 5.41) is 12.5. The van der Waals surface area contributed by atoms with Crippen LogP contribution in [0.2, 0.25) is 0 Å². The van der Waals surface area contributed by atoms with Crippen molar-refractivity contribution in [1.82, 2.24) is 20.2 Å². The van der Waals surface area contributed by atoms with Crippen LogP contribution in [0.15, 0.2) is 12.4 Å². The molecule has 0 aromatic carbocycles. The molecule has 8 nitrogen and oxygen atoms in total. The van der Waals surface area contributed by atoms with Crippen molar-refractivity contribution >= 4 is 11.8 Å². The van der Waals surface area contributed by atoms with Gasteiger partial charge in [0.25, 0.3) is 0 Å². The van der Waals surface area contributed by atoms with Gasteiger partial charge in [-0.3, -0.25) is 0 Å². The maximum absolute atomic E-state index is 12.5. The summed E-state index contributed by atoms with van der Waals surface area (Å²) in [7, 11) is 0. The molecule has 0 unspecified atom stereocenters. The van der Waals surface area contributed by atoms with E-state index in [1.807, 2.05) is 6.07 Å². The molecule has 2 saturated heterocycles. The van der Waals surface area contributed by atoms with Gasteiger partial charge in [0.1, 0.15) is 12.1 Å². The van der Waals surface area contributed by atoms with E-state index in [9.17, 15) is 9.90 Å². The zero-order valence-electron chi connectivity index (χ0n) is 14.7. The molecule has 0 bridgehead atoms. The molecule has 2 fully saturated rings. The number of morpholine rings is 1.